The van der Waals surface area contributed by atoms with E-state index in [9.17, 15) is 4.79 Å². The normalized spacial score (nSPS) is 10.9. The quantitative estimate of drug-likeness (QED) is 0.350. The molecule has 2 aromatic heterocycles. The summed E-state index contributed by atoms with van der Waals surface area (Å²) < 4.78 is 5.63. The fourth-order valence-corrected chi connectivity index (χ4v) is 3.92. The van der Waals surface area contributed by atoms with Crippen LogP contribution in [0.3, 0.4) is 0 Å². The lowest BCUT2D eigenvalue weighted by Gasteiger charge is -2.16. The molecule has 2 heterocycles. The number of carbonyl (C=O) groups excluding carboxylic acids is 1. The molecule has 4 aromatic rings. The lowest BCUT2D eigenvalue weighted by atomic mass is 10.1. The summed E-state index contributed by atoms with van der Waals surface area (Å²) in [6.45, 7) is 0.652. The van der Waals surface area contributed by atoms with Gasteiger partial charge in [0.15, 0.2) is 0 Å². The highest BCUT2D eigenvalue weighted by atomic mass is 35.5. The van der Waals surface area contributed by atoms with Crippen LogP contribution >= 0.6 is 23.4 Å². The zero-order valence-corrected chi connectivity index (χ0v) is 19.1. The number of aromatic amines is 1. The van der Waals surface area contributed by atoms with Crippen LogP contribution < -0.4 is 0 Å². The molecule has 0 unspecified atom stereocenters. The summed E-state index contributed by atoms with van der Waals surface area (Å²) in [6.07, 6.45) is 1.66. The number of hydrogen-bond acceptors (Lipinski definition) is 6. The van der Waals surface area contributed by atoms with Crippen molar-refractivity contribution in [2.45, 2.75) is 18.1 Å². The molecule has 0 atom stereocenters. The molecule has 32 heavy (non-hydrogen) atoms. The first kappa shape index (κ1) is 22.1. The average molecular weight is 468 g/mol. The zero-order valence-electron chi connectivity index (χ0n) is 17.5. The van der Waals surface area contributed by atoms with Crippen LogP contribution in [-0.2, 0) is 11.2 Å². The number of thioether (sulfide) groups is 1. The number of hydrogen-bond donors (Lipinski definition) is 1. The molecule has 1 amide bonds. The Labute approximate surface area is 195 Å². The average Bonchev–Trinajstić information content (AvgIpc) is 3.48. The summed E-state index contributed by atoms with van der Waals surface area (Å²) in [5, 5.41) is 16.5. The van der Waals surface area contributed by atoms with Gasteiger partial charge in [-0.15, -0.1) is 10.2 Å². The van der Waals surface area contributed by atoms with Crippen LogP contribution in [0.1, 0.15) is 12.1 Å². The minimum absolute atomic E-state index is 0.0100. The number of amides is 1. The van der Waals surface area contributed by atoms with Gasteiger partial charge < -0.3 is 9.32 Å². The first-order valence-corrected chi connectivity index (χ1v) is 11.5. The van der Waals surface area contributed by atoms with Gasteiger partial charge in [0.25, 0.3) is 5.22 Å². The van der Waals surface area contributed by atoms with Crippen molar-refractivity contribution in [2.75, 3.05) is 19.3 Å². The van der Waals surface area contributed by atoms with Gasteiger partial charge in [0.1, 0.15) is 0 Å². The Bertz CT molecular complexity index is 1160. The largest absolute Gasteiger partial charge is 0.411 e. The number of aromatic nitrogens is 4. The molecule has 1 N–H and O–H groups in total. The number of rotatable bonds is 9. The summed E-state index contributed by atoms with van der Waals surface area (Å²) in [6, 6.07) is 19.2. The Morgan fingerprint density at radius 2 is 1.88 bits per heavy atom. The van der Waals surface area contributed by atoms with E-state index in [0.29, 0.717) is 22.7 Å². The molecule has 0 fully saturated rings. The standard InChI is InChI=1S/C23H22ClN5O2S/c1-29(13-5-8-19-14-20(26-25-19)16-6-3-2-4-7-16)21(30)15-32-23-28-27-22(31-23)17-9-11-18(24)12-10-17/h2-4,6-7,9-12,14H,5,8,13,15H2,1H3,(H,25,26). The molecule has 7 nitrogen and oxygen atoms in total. The van der Waals surface area contributed by atoms with Gasteiger partial charge in [0.05, 0.1) is 11.4 Å². The molecule has 0 aliphatic carbocycles. The van der Waals surface area contributed by atoms with Gasteiger partial charge in [-0.1, -0.05) is 53.7 Å². The number of aryl methyl sites for hydroxylation is 1. The van der Waals surface area contributed by atoms with Crippen LogP contribution in [0.4, 0.5) is 0 Å². The monoisotopic (exact) mass is 467 g/mol. The van der Waals surface area contributed by atoms with Gasteiger partial charge in [-0.25, -0.2) is 0 Å². The molecule has 9 heteroatoms. The van der Waals surface area contributed by atoms with Crippen molar-refractivity contribution in [3.05, 3.63) is 71.4 Å². The van der Waals surface area contributed by atoms with Crippen LogP contribution in [0.2, 0.25) is 5.02 Å². The molecule has 0 saturated carbocycles. The Kier molecular flexibility index (Phi) is 7.24. The summed E-state index contributed by atoms with van der Waals surface area (Å²) in [4.78, 5) is 14.2. The summed E-state index contributed by atoms with van der Waals surface area (Å²) in [7, 11) is 1.80. The Hall–Kier alpha value is -3.10. The van der Waals surface area contributed by atoms with E-state index < -0.39 is 0 Å². The second kappa shape index (κ2) is 10.5. The topological polar surface area (TPSA) is 87.9 Å². The van der Waals surface area contributed by atoms with Gasteiger partial charge in [-0.05, 0) is 43.2 Å². The summed E-state index contributed by atoms with van der Waals surface area (Å²) in [5.74, 6) is 0.649. The number of nitrogens with one attached hydrogen (secondary N) is 1. The summed E-state index contributed by atoms with van der Waals surface area (Å²) >= 11 is 7.13. The lowest BCUT2D eigenvalue weighted by Crippen LogP contribution is -2.29. The molecular formula is C23H22ClN5O2S. The van der Waals surface area contributed by atoms with Gasteiger partial charge in [0.2, 0.25) is 11.8 Å². The van der Waals surface area contributed by atoms with Crippen molar-refractivity contribution in [2.24, 2.45) is 0 Å². The smallest absolute Gasteiger partial charge is 0.277 e. The van der Waals surface area contributed by atoms with Crippen molar-refractivity contribution in [3.8, 4) is 22.7 Å². The predicted molar refractivity (Wildman–Crippen MR) is 125 cm³/mol. The van der Waals surface area contributed by atoms with E-state index in [0.717, 1.165) is 35.4 Å². The maximum atomic E-state index is 12.4. The van der Waals surface area contributed by atoms with E-state index in [4.69, 9.17) is 16.0 Å². The van der Waals surface area contributed by atoms with Gasteiger partial charge >= 0.3 is 0 Å². The minimum Gasteiger partial charge on any atom is -0.411 e. The van der Waals surface area contributed by atoms with Crippen LogP contribution in [0, 0.1) is 0 Å². The molecule has 0 bridgehead atoms. The highest BCUT2D eigenvalue weighted by molar-refractivity contribution is 7.99. The highest BCUT2D eigenvalue weighted by Gasteiger charge is 2.14. The maximum Gasteiger partial charge on any atom is 0.277 e. The predicted octanol–water partition coefficient (Wildman–Crippen LogP) is 4.96. The molecule has 0 saturated heterocycles. The molecule has 0 radical (unpaired) electrons. The fraction of sp³-hybridized carbons (Fsp3) is 0.217. The molecule has 164 valence electrons. The first-order valence-electron chi connectivity index (χ1n) is 10.1. The third-order valence-corrected chi connectivity index (χ3v) is 5.94. The molecule has 0 aliphatic rings. The third-order valence-electron chi connectivity index (χ3n) is 4.88. The van der Waals surface area contributed by atoms with Crippen molar-refractivity contribution in [1.82, 2.24) is 25.3 Å². The zero-order chi connectivity index (χ0) is 22.3. The molecule has 4 rings (SSSR count). The second-order valence-corrected chi connectivity index (χ2v) is 8.60. The van der Waals surface area contributed by atoms with E-state index in [-0.39, 0.29) is 11.7 Å². The SMILES string of the molecule is CN(CCCc1cc(-c2ccccc2)n[nH]1)C(=O)CSc1nnc(-c2ccc(Cl)cc2)o1. The molecule has 0 spiro atoms. The molecule has 0 aliphatic heterocycles. The van der Waals surface area contributed by atoms with Crippen molar-refractivity contribution in [1.29, 1.82) is 0 Å². The van der Waals surface area contributed by atoms with E-state index in [1.807, 2.05) is 42.5 Å². The van der Waals surface area contributed by atoms with E-state index in [2.05, 4.69) is 26.5 Å². The second-order valence-electron chi connectivity index (χ2n) is 7.23. The number of nitrogens with zero attached hydrogens (tertiary/aromatic N) is 4. The first-order chi connectivity index (χ1) is 15.6. The van der Waals surface area contributed by atoms with Crippen molar-refractivity contribution in [3.63, 3.8) is 0 Å². The Morgan fingerprint density at radius 3 is 2.66 bits per heavy atom. The van der Waals surface area contributed by atoms with Crippen molar-refractivity contribution >= 4 is 29.3 Å². The molecule has 2 aromatic carbocycles. The molecular weight excluding hydrogens is 446 g/mol. The number of H-pyrrole nitrogens is 1. The number of benzene rings is 2. The van der Waals surface area contributed by atoms with E-state index in [1.54, 1.807) is 24.1 Å². The Morgan fingerprint density at radius 1 is 1.09 bits per heavy atom. The summed E-state index contributed by atoms with van der Waals surface area (Å²) in [5.41, 5.74) is 3.85. The van der Waals surface area contributed by atoms with Crippen LogP contribution in [0.15, 0.2) is 70.3 Å². The number of carbonyl (C=O) groups is 1. The minimum atomic E-state index is 0.0100. The van der Waals surface area contributed by atoms with Gasteiger partial charge in [-0.2, -0.15) is 5.10 Å². The third kappa shape index (κ3) is 5.77. The van der Waals surface area contributed by atoms with Gasteiger partial charge in [-0.3, -0.25) is 9.89 Å². The maximum absolute atomic E-state index is 12.4. The van der Waals surface area contributed by atoms with Crippen LogP contribution in [0.25, 0.3) is 22.7 Å². The fourth-order valence-electron chi connectivity index (χ4n) is 3.09. The Balaban J connectivity index is 1.21. The van der Waals surface area contributed by atoms with Crippen LogP contribution in [0.5, 0.6) is 0 Å². The van der Waals surface area contributed by atoms with Crippen LogP contribution in [-0.4, -0.2) is 50.5 Å². The number of halogens is 1. The van der Waals surface area contributed by atoms with E-state index in [1.165, 1.54) is 11.8 Å². The van der Waals surface area contributed by atoms with Gasteiger partial charge in [0, 0.05) is 35.4 Å². The lowest BCUT2D eigenvalue weighted by molar-refractivity contribution is -0.127. The van der Waals surface area contributed by atoms with E-state index >= 15 is 0 Å². The van der Waals surface area contributed by atoms with Crippen molar-refractivity contribution < 1.29 is 9.21 Å². The highest BCUT2D eigenvalue weighted by Crippen LogP contribution is 2.24.